The summed E-state index contributed by atoms with van der Waals surface area (Å²) in [6.07, 6.45) is 4.70. The molecule has 3 rings (SSSR count). The number of likely N-dealkylation sites (N-methyl/N-ethyl adjacent to an activating group) is 1. The van der Waals surface area contributed by atoms with Gasteiger partial charge in [0.1, 0.15) is 0 Å². The molecule has 7 nitrogen and oxygen atoms in total. The Hall–Kier alpha value is -1.73. The van der Waals surface area contributed by atoms with E-state index >= 15 is 0 Å². The number of aliphatic hydroxyl groups is 1. The fraction of sp³-hybridized carbons (Fsp3) is 0.706. The number of carbonyl (C=O) groups excluding carboxylic acids is 1. The van der Waals surface area contributed by atoms with Gasteiger partial charge >= 0.3 is 0 Å². The quantitative estimate of drug-likeness (QED) is 0.831. The Morgan fingerprint density at radius 1 is 1.21 bits per heavy atom. The van der Waals surface area contributed by atoms with Crippen molar-refractivity contribution in [1.82, 2.24) is 19.8 Å². The third-order valence-electron chi connectivity index (χ3n) is 5.34. The largest absolute Gasteiger partial charge is 0.396 e. The Kier molecular flexibility index (Phi) is 5.30. The molecule has 2 aliphatic heterocycles. The van der Waals surface area contributed by atoms with Crippen LogP contribution in [0.15, 0.2) is 18.5 Å². The van der Waals surface area contributed by atoms with Crippen molar-refractivity contribution in [3.63, 3.8) is 0 Å². The van der Waals surface area contributed by atoms with Gasteiger partial charge in [-0.15, -0.1) is 0 Å². The number of aliphatic hydroxyl groups excluding tert-OH is 1. The minimum absolute atomic E-state index is 0.0319. The van der Waals surface area contributed by atoms with Crippen molar-refractivity contribution in [1.29, 1.82) is 0 Å². The first-order valence-corrected chi connectivity index (χ1v) is 8.83. The molecule has 0 radical (unpaired) electrons. The molecule has 1 unspecified atom stereocenters. The lowest BCUT2D eigenvalue weighted by Crippen LogP contribution is -2.54. The summed E-state index contributed by atoms with van der Waals surface area (Å²) in [6, 6.07) is 1.79. The monoisotopic (exact) mass is 333 g/mol. The molecule has 0 bridgehead atoms. The molecular weight excluding hydrogens is 306 g/mol. The van der Waals surface area contributed by atoms with Crippen LogP contribution in [0.5, 0.6) is 0 Å². The van der Waals surface area contributed by atoms with Crippen LogP contribution in [0.3, 0.4) is 0 Å². The summed E-state index contributed by atoms with van der Waals surface area (Å²) in [5.41, 5.74) is -0.512. The topological polar surface area (TPSA) is 72.8 Å². The summed E-state index contributed by atoms with van der Waals surface area (Å²) < 4.78 is 0. The Balaban J connectivity index is 1.71. The van der Waals surface area contributed by atoms with Crippen LogP contribution in [-0.4, -0.2) is 83.2 Å². The molecule has 132 valence electrons. The molecule has 2 saturated heterocycles. The average molecular weight is 333 g/mol. The van der Waals surface area contributed by atoms with Crippen LogP contribution < -0.4 is 4.90 Å². The Morgan fingerprint density at radius 2 is 1.92 bits per heavy atom. The van der Waals surface area contributed by atoms with Crippen molar-refractivity contribution in [2.45, 2.75) is 19.8 Å². The van der Waals surface area contributed by atoms with E-state index in [2.05, 4.69) is 26.7 Å². The number of anilines is 1. The lowest BCUT2D eigenvalue weighted by atomic mass is 9.82. The van der Waals surface area contributed by atoms with Gasteiger partial charge in [-0.05, 0) is 25.5 Å². The highest BCUT2D eigenvalue weighted by Gasteiger charge is 2.47. The van der Waals surface area contributed by atoms with Crippen molar-refractivity contribution in [2.75, 3.05) is 57.3 Å². The summed E-state index contributed by atoms with van der Waals surface area (Å²) in [4.78, 5) is 28.2. The number of hydrogen-bond donors (Lipinski definition) is 1. The molecule has 0 saturated carbocycles. The van der Waals surface area contributed by atoms with Crippen LogP contribution in [0.1, 0.15) is 19.8 Å². The van der Waals surface area contributed by atoms with E-state index in [0.717, 1.165) is 45.7 Å². The number of aromatic nitrogens is 2. The van der Waals surface area contributed by atoms with Gasteiger partial charge in [-0.25, -0.2) is 9.97 Å². The molecule has 1 N–H and O–H groups in total. The minimum atomic E-state index is -0.512. The first-order valence-electron chi connectivity index (χ1n) is 8.83. The summed E-state index contributed by atoms with van der Waals surface area (Å²) >= 11 is 0. The molecule has 0 spiro atoms. The molecule has 24 heavy (non-hydrogen) atoms. The van der Waals surface area contributed by atoms with Gasteiger partial charge in [0, 0.05) is 58.3 Å². The number of piperazine rings is 1. The van der Waals surface area contributed by atoms with E-state index in [1.165, 1.54) is 0 Å². The zero-order valence-electron chi connectivity index (χ0n) is 14.4. The zero-order valence-corrected chi connectivity index (χ0v) is 14.4. The first kappa shape index (κ1) is 17.1. The van der Waals surface area contributed by atoms with E-state index in [0.29, 0.717) is 18.9 Å². The number of rotatable bonds is 5. The smallest absolute Gasteiger partial charge is 0.230 e. The van der Waals surface area contributed by atoms with Crippen molar-refractivity contribution >= 4 is 11.9 Å². The number of hydrogen-bond acceptors (Lipinski definition) is 6. The SMILES string of the molecule is CCN1CCN(C(=O)C2(CCO)CCN(c3ncccn3)C2)CC1. The van der Waals surface area contributed by atoms with Gasteiger partial charge in [0.05, 0.1) is 5.41 Å². The third-order valence-corrected chi connectivity index (χ3v) is 5.34. The summed E-state index contributed by atoms with van der Waals surface area (Å²) in [6.45, 7) is 7.98. The van der Waals surface area contributed by atoms with Gasteiger partial charge in [-0.1, -0.05) is 6.92 Å². The van der Waals surface area contributed by atoms with Crippen LogP contribution in [-0.2, 0) is 4.79 Å². The van der Waals surface area contributed by atoms with Crippen LogP contribution in [0.2, 0.25) is 0 Å². The zero-order chi connectivity index (χ0) is 17.0. The summed E-state index contributed by atoms with van der Waals surface area (Å²) in [5, 5.41) is 9.55. The van der Waals surface area contributed by atoms with E-state index in [4.69, 9.17) is 0 Å². The van der Waals surface area contributed by atoms with E-state index in [1.54, 1.807) is 18.5 Å². The van der Waals surface area contributed by atoms with Gasteiger partial charge in [0.2, 0.25) is 11.9 Å². The molecular formula is C17H27N5O2. The minimum Gasteiger partial charge on any atom is -0.396 e. The van der Waals surface area contributed by atoms with E-state index in [1.807, 2.05) is 4.90 Å². The lowest BCUT2D eigenvalue weighted by molar-refractivity contribution is -0.143. The second-order valence-corrected chi connectivity index (χ2v) is 6.70. The van der Waals surface area contributed by atoms with Crippen LogP contribution in [0.25, 0.3) is 0 Å². The van der Waals surface area contributed by atoms with Crippen molar-refractivity contribution in [3.8, 4) is 0 Å². The standard InChI is InChI=1S/C17H27N5O2/c1-2-20-9-11-21(12-10-20)15(24)17(5-13-23)4-8-22(14-17)16-18-6-3-7-19-16/h3,6-7,23H,2,4-5,8-14H2,1H3. The predicted molar refractivity (Wildman–Crippen MR) is 91.7 cm³/mol. The van der Waals surface area contributed by atoms with Gasteiger partial charge in [0.15, 0.2) is 0 Å². The molecule has 7 heteroatoms. The Labute approximate surface area is 143 Å². The highest BCUT2D eigenvalue weighted by molar-refractivity contribution is 5.84. The first-order chi connectivity index (χ1) is 11.7. The number of amides is 1. The molecule has 1 aromatic rings. The number of nitrogens with zero attached hydrogens (tertiary/aromatic N) is 5. The number of carbonyl (C=O) groups is 1. The van der Waals surface area contributed by atoms with Gasteiger partial charge < -0.3 is 19.8 Å². The highest BCUT2D eigenvalue weighted by atomic mass is 16.3. The van der Waals surface area contributed by atoms with Crippen molar-refractivity contribution < 1.29 is 9.90 Å². The second kappa shape index (κ2) is 7.44. The maximum Gasteiger partial charge on any atom is 0.230 e. The molecule has 3 heterocycles. The van der Waals surface area contributed by atoms with E-state index in [-0.39, 0.29) is 12.5 Å². The third kappa shape index (κ3) is 3.37. The average Bonchev–Trinajstić information content (AvgIpc) is 3.08. The van der Waals surface area contributed by atoms with Crippen LogP contribution >= 0.6 is 0 Å². The molecule has 1 amide bonds. The van der Waals surface area contributed by atoms with Gasteiger partial charge in [-0.2, -0.15) is 0 Å². The van der Waals surface area contributed by atoms with E-state index < -0.39 is 5.41 Å². The fourth-order valence-corrected chi connectivity index (χ4v) is 3.80. The van der Waals surface area contributed by atoms with Gasteiger partial charge in [-0.3, -0.25) is 4.79 Å². The molecule has 0 aliphatic carbocycles. The molecule has 2 aliphatic rings. The van der Waals surface area contributed by atoms with Crippen LogP contribution in [0, 0.1) is 5.41 Å². The normalized spacial score (nSPS) is 25.2. The van der Waals surface area contributed by atoms with Gasteiger partial charge in [0.25, 0.3) is 0 Å². The van der Waals surface area contributed by atoms with Crippen molar-refractivity contribution in [2.24, 2.45) is 5.41 Å². The Bertz CT molecular complexity index is 547. The van der Waals surface area contributed by atoms with E-state index in [9.17, 15) is 9.90 Å². The molecule has 2 fully saturated rings. The van der Waals surface area contributed by atoms with Crippen molar-refractivity contribution in [3.05, 3.63) is 18.5 Å². The molecule has 0 aromatic carbocycles. The van der Waals surface area contributed by atoms with Crippen LogP contribution in [0.4, 0.5) is 5.95 Å². The Morgan fingerprint density at radius 3 is 2.54 bits per heavy atom. The highest BCUT2D eigenvalue weighted by Crippen LogP contribution is 2.37. The fourth-order valence-electron chi connectivity index (χ4n) is 3.80. The summed E-state index contributed by atoms with van der Waals surface area (Å²) in [7, 11) is 0. The maximum absolute atomic E-state index is 13.2. The lowest BCUT2D eigenvalue weighted by Gasteiger charge is -2.39. The summed E-state index contributed by atoms with van der Waals surface area (Å²) in [5.74, 6) is 0.853. The maximum atomic E-state index is 13.2. The second-order valence-electron chi connectivity index (χ2n) is 6.70. The predicted octanol–water partition coefficient (Wildman–Crippen LogP) is 0.220. The molecule has 1 aromatic heterocycles. The molecule has 1 atom stereocenters.